The Kier molecular flexibility index (Phi) is 6.55. The molecule has 0 radical (unpaired) electrons. The largest absolute Gasteiger partial charge is 0.508 e. The van der Waals surface area contributed by atoms with Gasteiger partial charge in [0.25, 0.3) is 0 Å². The topological polar surface area (TPSA) is 49.7 Å². The van der Waals surface area contributed by atoms with Gasteiger partial charge in [-0.25, -0.2) is 0 Å². The molecule has 188 valence electrons. The van der Waals surface area contributed by atoms with Gasteiger partial charge in [-0.05, 0) is 46.5 Å². The highest BCUT2D eigenvalue weighted by Gasteiger charge is 2.22. The average Bonchev–Trinajstić information content (AvgIpc) is 3.00. The fraction of sp³-hybridized carbons (Fsp3) is 0. The van der Waals surface area contributed by atoms with E-state index in [9.17, 15) is 10.2 Å². The predicted octanol–water partition coefficient (Wildman–Crippen LogP) is 9.56. The first-order chi connectivity index (χ1) is 19.2. The van der Waals surface area contributed by atoms with E-state index >= 15 is 0 Å². The van der Waals surface area contributed by atoms with Crippen molar-refractivity contribution in [3.8, 4) is 67.5 Å². The molecule has 0 amide bonds. The Morgan fingerprint density at radius 3 is 0.795 bits per heavy atom. The normalized spacial score (nSPS) is 10.8. The van der Waals surface area contributed by atoms with Crippen molar-refractivity contribution in [1.82, 2.24) is 0 Å². The van der Waals surface area contributed by atoms with Crippen LogP contribution >= 0.6 is 0 Å². The molecule has 0 aromatic heterocycles. The second-order valence-corrected chi connectivity index (χ2v) is 9.31. The second kappa shape index (κ2) is 10.6. The van der Waals surface area contributed by atoms with Crippen molar-refractivity contribution in [2.75, 3.05) is 0 Å². The van der Waals surface area contributed by atoms with Crippen LogP contribution in [0.4, 0.5) is 0 Å². The Bertz CT molecular complexity index is 1460. The Hall–Kier alpha value is -5.28. The van der Waals surface area contributed by atoms with Crippen LogP contribution in [0.2, 0.25) is 0 Å². The number of benzene rings is 6. The summed E-state index contributed by atoms with van der Waals surface area (Å²) < 4.78 is 7.01. The number of hydrogen-bond donors (Lipinski definition) is 2. The summed E-state index contributed by atoms with van der Waals surface area (Å²) in [5.74, 6) is 1.53. The molecular formula is C36H26O3. The fourth-order valence-corrected chi connectivity index (χ4v) is 4.88. The molecule has 0 aliphatic carbocycles. The number of ether oxygens (including phenoxy) is 1. The van der Waals surface area contributed by atoms with Crippen molar-refractivity contribution in [3.63, 3.8) is 0 Å². The summed E-state index contributed by atoms with van der Waals surface area (Å²) in [6, 6.07) is 46.6. The van der Waals surface area contributed by atoms with Gasteiger partial charge in [0.15, 0.2) is 0 Å². The molecule has 0 saturated heterocycles. The van der Waals surface area contributed by atoms with Crippen molar-refractivity contribution < 1.29 is 14.9 Å². The molecule has 0 fully saturated rings. The lowest BCUT2D eigenvalue weighted by Crippen LogP contribution is -1.97. The van der Waals surface area contributed by atoms with Crippen LogP contribution in [0.25, 0.3) is 44.5 Å². The van der Waals surface area contributed by atoms with E-state index in [1.807, 2.05) is 121 Å². The summed E-state index contributed by atoms with van der Waals surface area (Å²) in [5.41, 5.74) is 6.73. The fourth-order valence-electron chi connectivity index (χ4n) is 4.88. The molecule has 39 heavy (non-hydrogen) atoms. The van der Waals surface area contributed by atoms with E-state index in [2.05, 4.69) is 0 Å². The van der Waals surface area contributed by atoms with Crippen molar-refractivity contribution in [3.05, 3.63) is 146 Å². The van der Waals surface area contributed by atoms with Crippen molar-refractivity contribution >= 4 is 0 Å². The minimum absolute atomic E-state index is 0.150. The van der Waals surface area contributed by atoms with Crippen LogP contribution < -0.4 is 4.74 Å². The van der Waals surface area contributed by atoms with Gasteiger partial charge in [-0.2, -0.15) is 0 Å². The molecule has 6 rings (SSSR count). The van der Waals surface area contributed by atoms with E-state index in [0.717, 1.165) is 44.5 Å². The van der Waals surface area contributed by atoms with Gasteiger partial charge in [-0.3, -0.25) is 0 Å². The summed E-state index contributed by atoms with van der Waals surface area (Å²) in [4.78, 5) is 0. The van der Waals surface area contributed by atoms with Crippen molar-refractivity contribution in [2.45, 2.75) is 0 Å². The van der Waals surface area contributed by atoms with Gasteiger partial charge in [0.05, 0.1) is 0 Å². The van der Waals surface area contributed by atoms with Crippen LogP contribution in [0.1, 0.15) is 0 Å². The number of aromatic hydroxyl groups is 2. The average molecular weight is 507 g/mol. The van der Waals surface area contributed by atoms with Crippen molar-refractivity contribution in [1.29, 1.82) is 0 Å². The first kappa shape index (κ1) is 24.1. The quantitative estimate of drug-likeness (QED) is 0.236. The van der Waals surface area contributed by atoms with Crippen molar-refractivity contribution in [2.24, 2.45) is 0 Å². The standard InChI is InChI=1S/C36H26O3/c37-29-21-31(25-13-5-1-6-14-25)35(32(22-29)26-15-7-2-8-16-26)39-36-33(27-17-9-3-10-18-27)23-30(38)24-34(36)28-19-11-4-12-20-28/h1-24,37-38H. The Morgan fingerprint density at radius 1 is 0.333 bits per heavy atom. The molecule has 0 spiro atoms. The summed E-state index contributed by atoms with van der Waals surface area (Å²) >= 11 is 0. The molecule has 3 nitrogen and oxygen atoms in total. The molecular weight excluding hydrogens is 480 g/mol. The van der Waals surface area contributed by atoms with E-state index < -0.39 is 0 Å². The van der Waals surface area contributed by atoms with Crippen LogP contribution in [-0.2, 0) is 0 Å². The zero-order valence-corrected chi connectivity index (χ0v) is 21.2. The van der Waals surface area contributed by atoms with Gasteiger partial charge in [0.1, 0.15) is 23.0 Å². The highest BCUT2D eigenvalue weighted by molar-refractivity contribution is 5.88. The first-order valence-electron chi connectivity index (χ1n) is 12.8. The Morgan fingerprint density at radius 2 is 0.564 bits per heavy atom. The molecule has 0 saturated carbocycles. The van der Waals surface area contributed by atoms with Crippen LogP contribution in [0, 0.1) is 0 Å². The highest BCUT2D eigenvalue weighted by atomic mass is 16.5. The highest BCUT2D eigenvalue weighted by Crippen LogP contribution is 2.49. The van der Waals surface area contributed by atoms with E-state index in [-0.39, 0.29) is 11.5 Å². The minimum atomic E-state index is 0.150. The van der Waals surface area contributed by atoms with E-state index in [4.69, 9.17) is 4.74 Å². The molecule has 0 aliphatic rings. The smallest absolute Gasteiger partial charge is 0.143 e. The number of phenols is 2. The Balaban J connectivity index is 1.66. The summed E-state index contributed by atoms with van der Waals surface area (Å²) in [6.45, 7) is 0. The monoisotopic (exact) mass is 506 g/mol. The zero-order chi connectivity index (χ0) is 26.6. The first-order valence-corrected chi connectivity index (χ1v) is 12.8. The molecule has 0 bridgehead atoms. The molecule has 2 N–H and O–H groups in total. The van der Waals surface area contributed by atoms with E-state index in [1.165, 1.54) is 0 Å². The molecule has 0 aliphatic heterocycles. The lowest BCUT2D eigenvalue weighted by Gasteiger charge is -2.22. The maximum atomic E-state index is 10.8. The Labute approximate surface area is 227 Å². The van der Waals surface area contributed by atoms with Gasteiger partial charge >= 0.3 is 0 Å². The van der Waals surface area contributed by atoms with Gasteiger partial charge in [-0.15, -0.1) is 0 Å². The van der Waals surface area contributed by atoms with Crippen LogP contribution in [0.15, 0.2) is 146 Å². The maximum absolute atomic E-state index is 10.8. The zero-order valence-electron chi connectivity index (χ0n) is 21.2. The third-order valence-electron chi connectivity index (χ3n) is 6.69. The molecule has 0 unspecified atom stereocenters. The van der Waals surface area contributed by atoms with E-state index in [1.54, 1.807) is 24.3 Å². The summed E-state index contributed by atoms with van der Waals surface area (Å²) in [5, 5.41) is 21.6. The van der Waals surface area contributed by atoms with E-state index in [0.29, 0.717) is 11.5 Å². The third kappa shape index (κ3) is 4.98. The maximum Gasteiger partial charge on any atom is 0.143 e. The molecule has 0 heterocycles. The van der Waals surface area contributed by atoms with Crippen LogP contribution in [0.3, 0.4) is 0 Å². The van der Waals surface area contributed by atoms with Gasteiger partial charge < -0.3 is 14.9 Å². The summed E-state index contributed by atoms with van der Waals surface area (Å²) in [6.07, 6.45) is 0. The van der Waals surface area contributed by atoms with Gasteiger partial charge in [-0.1, -0.05) is 121 Å². The molecule has 0 atom stereocenters. The minimum Gasteiger partial charge on any atom is -0.508 e. The molecule has 6 aromatic rings. The second-order valence-electron chi connectivity index (χ2n) is 9.31. The lowest BCUT2D eigenvalue weighted by atomic mass is 9.95. The van der Waals surface area contributed by atoms with Gasteiger partial charge in [0, 0.05) is 22.3 Å². The summed E-state index contributed by atoms with van der Waals surface area (Å²) in [7, 11) is 0. The molecule has 3 heteroatoms. The third-order valence-corrected chi connectivity index (χ3v) is 6.69. The van der Waals surface area contributed by atoms with Gasteiger partial charge in [0.2, 0.25) is 0 Å². The predicted molar refractivity (Wildman–Crippen MR) is 158 cm³/mol. The number of rotatable bonds is 6. The van der Waals surface area contributed by atoms with Crippen LogP contribution in [-0.4, -0.2) is 10.2 Å². The number of hydrogen-bond acceptors (Lipinski definition) is 3. The number of phenolic OH excluding ortho intramolecular Hbond substituents is 2. The van der Waals surface area contributed by atoms with Crippen LogP contribution in [0.5, 0.6) is 23.0 Å². The SMILES string of the molecule is Oc1cc(-c2ccccc2)c(Oc2c(-c3ccccc3)cc(O)cc2-c2ccccc2)c(-c2ccccc2)c1. The molecule has 6 aromatic carbocycles. The lowest BCUT2D eigenvalue weighted by molar-refractivity contribution is 0.463.